The second-order valence-corrected chi connectivity index (χ2v) is 6.27. The van der Waals surface area contributed by atoms with E-state index in [1.165, 1.54) is 11.1 Å². The van der Waals surface area contributed by atoms with Gasteiger partial charge in [0.2, 0.25) is 5.91 Å². The van der Waals surface area contributed by atoms with E-state index in [1.54, 1.807) is 0 Å². The molecule has 4 nitrogen and oxygen atoms in total. The molecule has 2 aliphatic rings. The topological polar surface area (TPSA) is 55.6 Å². The van der Waals surface area contributed by atoms with Gasteiger partial charge in [-0.3, -0.25) is 4.79 Å². The molecule has 114 valence electrons. The molecule has 1 atom stereocenters. The molecule has 1 amide bonds. The Balaban J connectivity index is 1.82. The van der Waals surface area contributed by atoms with Crippen molar-refractivity contribution in [3.63, 3.8) is 0 Å². The Morgan fingerprint density at radius 2 is 2.10 bits per heavy atom. The second-order valence-electron chi connectivity index (χ2n) is 6.27. The van der Waals surface area contributed by atoms with Crippen molar-refractivity contribution >= 4 is 5.91 Å². The molecule has 0 radical (unpaired) electrons. The number of amides is 1. The van der Waals surface area contributed by atoms with Crippen LogP contribution in [0, 0.1) is 5.41 Å². The molecule has 21 heavy (non-hydrogen) atoms. The van der Waals surface area contributed by atoms with E-state index in [2.05, 4.69) is 24.3 Å². The molecule has 1 aromatic carbocycles. The molecule has 2 N–H and O–H groups in total. The van der Waals surface area contributed by atoms with Crippen LogP contribution in [0.4, 0.5) is 0 Å². The molecule has 1 heterocycles. The third kappa shape index (κ3) is 2.47. The first-order valence-electron chi connectivity index (χ1n) is 7.81. The first-order chi connectivity index (χ1) is 10.2. The zero-order valence-corrected chi connectivity index (χ0v) is 12.7. The highest BCUT2D eigenvalue weighted by atomic mass is 16.5. The summed E-state index contributed by atoms with van der Waals surface area (Å²) in [7, 11) is 1.93. The van der Waals surface area contributed by atoms with Gasteiger partial charge in [-0.2, -0.15) is 0 Å². The van der Waals surface area contributed by atoms with E-state index in [4.69, 9.17) is 10.5 Å². The first-order valence-corrected chi connectivity index (χ1v) is 7.81. The molecular formula is C17H24N2O2. The van der Waals surface area contributed by atoms with E-state index in [0.717, 1.165) is 25.7 Å². The molecule has 0 bridgehead atoms. The van der Waals surface area contributed by atoms with Gasteiger partial charge in [-0.1, -0.05) is 24.3 Å². The fourth-order valence-electron chi connectivity index (χ4n) is 3.72. The quantitative estimate of drug-likeness (QED) is 0.924. The molecule has 1 aromatic rings. The zero-order chi connectivity index (χ0) is 14.9. The number of nitrogens with two attached hydrogens (primary N) is 1. The summed E-state index contributed by atoms with van der Waals surface area (Å²) in [6, 6.07) is 8.64. The maximum atomic E-state index is 13.0. The summed E-state index contributed by atoms with van der Waals surface area (Å²) < 4.78 is 5.41. The molecule has 0 saturated carbocycles. The van der Waals surface area contributed by atoms with Crippen LogP contribution in [0.1, 0.15) is 36.4 Å². The number of carbonyl (C=O) groups is 1. The van der Waals surface area contributed by atoms with Crippen LogP contribution in [-0.2, 0) is 16.0 Å². The SMILES string of the molecule is CN(C(=O)C1(CN)CCOCC1)C1CCc2ccccc21. The Morgan fingerprint density at radius 3 is 2.81 bits per heavy atom. The van der Waals surface area contributed by atoms with Gasteiger partial charge in [0.15, 0.2) is 0 Å². The zero-order valence-electron chi connectivity index (χ0n) is 12.7. The molecule has 1 fully saturated rings. The van der Waals surface area contributed by atoms with Crippen molar-refractivity contribution in [1.82, 2.24) is 4.90 Å². The fraction of sp³-hybridized carbons (Fsp3) is 0.588. The lowest BCUT2D eigenvalue weighted by Gasteiger charge is -2.39. The molecule has 0 aromatic heterocycles. The second kappa shape index (κ2) is 5.78. The minimum absolute atomic E-state index is 0.190. The monoisotopic (exact) mass is 288 g/mol. The number of hydrogen-bond donors (Lipinski definition) is 1. The van der Waals surface area contributed by atoms with Crippen LogP contribution >= 0.6 is 0 Å². The number of fused-ring (bicyclic) bond motifs is 1. The van der Waals surface area contributed by atoms with E-state index in [1.807, 2.05) is 11.9 Å². The molecule has 1 saturated heterocycles. The van der Waals surface area contributed by atoms with Crippen molar-refractivity contribution in [3.05, 3.63) is 35.4 Å². The van der Waals surface area contributed by atoms with Gasteiger partial charge in [-0.15, -0.1) is 0 Å². The lowest BCUT2D eigenvalue weighted by Crippen LogP contribution is -2.50. The minimum atomic E-state index is -0.426. The van der Waals surface area contributed by atoms with Crippen LogP contribution in [0.2, 0.25) is 0 Å². The van der Waals surface area contributed by atoms with E-state index < -0.39 is 5.41 Å². The lowest BCUT2D eigenvalue weighted by atomic mass is 9.78. The summed E-state index contributed by atoms with van der Waals surface area (Å²) in [4.78, 5) is 15.0. The maximum absolute atomic E-state index is 13.0. The maximum Gasteiger partial charge on any atom is 0.230 e. The third-order valence-corrected chi connectivity index (χ3v) is 5.18. The molecule has 4 heteroatoms. The summed E-state index contributed by atoms with van der Waals surface area (Å²) in [6.07, 6.45) is 3.54. The summed E-state index contributed by atoms with van der Waals surface area (Å²) in [5.41, 5.74) is 8.21. The molecule has 1 aliphatic carbocycles. The minimum Gasteiger partial charge on any atom is -0.381 e. The Labute approximate surface area is 126 Å². The first kappa shape index (κ1) is 14.5. The Kier molecular flexibility index (Phi) is 4.00. The van der Waals surface area contributed by atoms with Gasteiger partial charge >= 0.3 is 0 Å². The van der Waals surface area contributed by atoms with Gasteiger partial charge < -0.3 is 15.4 Å². The van der Waals surface area contributed by atoms with Crippen LogP contribution in [0.3, 0.4) is 0 Å². The molecule has 1 aliphatic heterocycles. The van der Waals surface area contributed by atoms with Gasteiger partial charge in [-0.05, 0) is 36.8 Å². The van der Waals surface area contributed by atoms with E-state index in [0.29, 0.717) is 19.8 Å². The summed E-state index contributed by atoms with van der Waals surface area (Å²) in [5, 5.41) is 0. The third-order valence-electron chi connectivity index (χ3n) is 5.18. The van der Waals surface area contributed by atoms with Crippen LogP contribution in [0.5, 0.6) is 0 Å². The number of aryl methyl sites for hydroxylation is 1. The predicted octanol–water partition coefficient (Wildman–Crippen LogP) is 1.89. The Hall–Kier alpha value is -1.39. The molecule has 0 spiro atoms. The smallest absolute Gasteiger partial charge is 0.230 e. The van der Waals surface area contributed by atoms with E-state index >= 15 is 0 Å². The number of carbonyl (C=O) groups excluding carboxylic acids is 1. The number of benzene rings is 1. The highest BCUT2D eigenvalue weighted by molar-refractivity contribution is 5.83. The Bertz CT molecular complexity index is 523. The predicted molar refractivity (Wildman–Crippen MR) is 81.8 cm³/mol. The number of rotatable bonds is 3. The van der Waals surface area contributed by atoms with Gasteiger partial charge in [0.05, 0.1) is 11.5 Å². The van der Waals surface area contributed by atoms with Crippen LogP contribution in [0.25, 0.3) is 0 Å². The Morgan fingerprint density at radius 1 is 1.38 bits per heavy atom. The van der Waals surface area contributed by atoms with Crippen molar-refractivity contribution in [1.29, 1.82) is 0 Å². The van der Waals surface area contributed by atoms with E-state index in [-0.39, 0.29) is 11.9 Å². The van der Waals surface area contributed by atoms with Gasteiger partial charge in [0.1, 0.15) is 0 Å². The summed E-state index contributed by atoms with van der Waals surface area (Å²) in [5.74, 6) is 0.190. The van der Waals surface area contributed by atoms with Crippen molar-refractivity contribution in [3.8, 4) is 0 Å². The normalized spacial score (nSPS) is 23.6. The highest BCUT2D eigenvalue weighted by Gasteiger charge is 2.43. The molecule has 1 unspecified atom stereocenters. The van der Waals surface area contributed by atoms with Crippen LogP contribution in [-0.4, -0.2) is 37.6 Å². The summed E-state index contributed by atoms with van der Waals surface area (Å²) >= 11 is 0. The van der Waals surface area contributed by atoms with Crippen molar-refractivity contribution in [2.75, 3.05) is 26.8 Å². The van der Waals surface area contributed by atoms with Crippen LogP contribution < -0.4 is 5.73 Å². The number of ether oxygens (including phenoxy) is 1. The summed E-state index contributed by atoms with van der Waals surface area (Å²) in [6.45, 7) is 1.68. The van der Waals surface area contributed by atoms with Crippen molar-refractivity contribution < 1.29 is 9.53 Å². The standard InChI is InChI=1S/C17H24N2O2/c1-19(15-7-6-13-4-2-3-5-14(13)15)16(20)17(12-18)8-10-21-11-9-17/h2-5,15H,6-12,18H2,1H3. The van der Waals surface area contributed by atoms with Gasteiger partial charge in [-0.25, -0.2) is 0 Å². The van der Waals surface area contributed by atoms with Crippen LogP contribution in [0.15, 0.2) is 24.3 Å². The molecule has 3 rings (SSSR count). The average Bonchev–Trinajstić information content (AvgIpc) is 2.98. The van der Waals surface area contributed by atoms with Gasteiger partial charge in [0.25, 0.3) is 0 Å². The lowest BCUT2D eigenvalue weighted by molar-refractivity contribution is -0.148. The molecular weight excluding hydrogens is 264 g/mol. The van der Waals surface area contributed by atoms with Crippen molar-refractivity contribution in [2.24, 2.45) is 11.1 Å². The highest BCUT2D eigenvalue weighted by Crippen LogP contribution is 2.39. The number of nitrogens with zero attached hydrogens (tertiary/aromatic N) is 1. The largest absolute Gasteiger partial charge is 0.381 e. The van der Waals surface area contributed by atoms with Crippen molar-refractivity contribution in [2.45, 2.75) is 31.7 Å². The average molecular weight is 288 g/mol. The van der Waals surface area contributed by atoms with Gasteiger partial charge in [0, 0.05) is 26.8 Å². The van der Waals surface area contributed by atoms with E-state index in [9.17, 15) is 4.79 Å². The fourth-order valence-corrected chi connectivity index (χ4v) is 3.72. The number of hydrogen-bond acceptors (Lipinski definition) is 3.